The summed E-state index contributed by atoms with van der Waals surface area (Å²) in [5, 5.41) is 0. The van der Waals surface area contributed by atoms with E-state index in [1.165, 1.54) is 11.1 Å². The quantitative estimate of drug-likeness (QED) is 0.741. The van der Waals surface area contributed by atoms with Crippen molar-refractivity contribution in [2.75, 3.05) is 0 Å². The predicted molar refractivity (Wildman–Crippen MR) is 77.8 cm³/mol. The molecule has 0 spiro atoms. The van der Waals surface area contributed by atoms with Crippen LogP contribution in [-0.2, 0) is 22.4 Å². The summed E-state index contributed by atoms with van der Waals surface area (Å²) >= 11 is 0. The second-order valence-electron chi connectivity index (χ2n) is 5.84. The van der Waals surface area contributed by atoms with Crippen LogP contribution in [-0.4, -0.2) is 11.8 Å². The Morgan fingerprint density at radius 2 is 1.50 bits per heavy atom. The summed E-state index contributed by atoms with van der Waals surface area (Å²) in [4.78, 5) is 22.7. The maximum atomic E-state index is 12.0. The zero-order valence-corrected chi connectivity index (χ0v) is 11.7. The van der Waals surface area contributed by atoms with E-state index in [1.54, 1.807) is 0 Å². The van der Waals surface area contributed by atoms with Crippen molar-refractivity contribution >= 4 is 11.8 Å². The molecule has 0 unspecified atom stereocenters. The number of rotatable bonds is 7. The Labute approximate surface area is 119 Å². The van der Waals surface area contributed by atoms with Gasteiger partial charge in [-0.25, -0.2) is 0 Å². The molecule has 2 bridgehead atoms. The summed E-state index contributed by atoms with van der Waals surface area (Å²) in [7, 11) is 0. The Morgan fingerprint density at radius 1 is 0.950 bits per heavy atom. The minimum atomic E-state index is -0.468. The number of carbonyl (C=O) groups is 2. The lowest BCUT2D eigenvalue weighted by molar-refractivity contribution is -0.128. The molecule has 0 saturated heterocycles. The molecule has 4 N–H and O–H groups in total. The Balaban J connectivity index is 1.96. The monoisotopic (exact) mass is 274 g/mol. The van der Waals surface area contributed by atoms with Gasteiger partial charge in [0.1, 0.15) is 0 Å². The Kier molecular flexibility index (Phi) is 4.42. The van der Waals surface area contributed by atoms with E-state index in [0.29, 0.717) is 19.3 Å². The van der Waals surface area contributed by atoms with Gasteiger partial charge in [-0.05, 0) is 36.8 Å². The number of primary amides is 2. The Morgan fingerprint density at radius 3 is 1.95 bits per heavy atom. The Bertz CT molecular complexity index is 469. The lowest BCUT2D eigenvalue weighted by Gasteiger charge is -2.29. The highest BCUT2D eigenvalue weighted by Crippen LogP contribution is 2.36. The van der Waals surface area contributed by atoms with E-state index in [9.17, 15) is 9.59 Å². The van der Waals surface area contributed by atoms with Crippen LogP contribution in [0.25, 0.3) is 0 Å². The number of hydrogen-bond acceptors (Lipinski definition) is 2. The number of unbranched alkanes of at least 4 members (excludes halogenated alkanes) is 2. The first-order valence-corrected chi connectivity index (χ1v) is 7.18. The molecule has 0 atom stereocenters. The molecule has 2 aliphatic carbocycles. The number of benzene rings is 1. The molecule has 1 aromatic carbocycles. The molecule has 4 heteroatoms. The fourth-order valence-corrected chi connectivity index (χ4v) is 3.03. The summed E-state index contributed by atoms with van der Waals surface area (Å²) < 4.78 is 0. The first-order valence-electron chi connectivity index (χ1n) is 7.18. The fraction of sp³-hybridized carbons (Fsp3) is 0.500. The molecule has 20 heavy (non-hydrogen) atoms. The van der Waals surface area contributed by atoms with Crippen LogP contribution in [0.5, 0.6) is 0 Å². The van der Waals surface area contributed by atoms with Gasteiger partial charge in [-0.1, -0.05) is 37.1 Å². The van der Waals surface area contributed by atoms with Gasteiger partial charge in [-0.2, -0.15) is 0 Å². The van der Waals surface area contributed by atoms with Gasteiger partial charge >= 0.3 is 0 Å². The molecule has 0 saturated carbocycles. The van der Waals surface area contributed by atoms with Crippen molar-refractivity contribution in [1.29, 1.82) is 0 Å². The van der Waals surface area contributed by atoms with Crippen LogP contribution < -0.4 is 11.5 Å². The molecular formula is C16H22N2O2. The summed E-state index contributed by atoms with van der Waals surface area (Å²) in [5.41, 5.74) is 12.7. The fourth-order valence-electron chi connectivity index (χ4n) is 3.03. The van der Waals surface area contributed by atoms with E-state index in [4.69, 9.17) is 11.5 Å². The minimum Gasteiger partial charge on any atom is -0.370 e. The molecule has 2 aliphatic rings. The number of nitrogens with two attached hydrogens (primary N) is 2. The summed E-state index contributed by atoms with van der Waals surface area (Å²) in [6.07, 6.45) is 5.22. The third kappa shape index (κ3) is 3.38. The van der Waals surface area contributed by atoms with Crippen LogP contribution in [0.2, 0.25) is 0 Å². The maximum Gasteiger partial charge on any atom is 0.224 e. The standard InChI is InChI=1S/C16H22N2O2/c17-14(19)4-2-1-3-9-16(15(18)20)10-12-5-6-13(11-16)8-7-12/h5-8H,1-4,9-11H2,(H2,17,19)(H2,18,20). The molecule has 0 aliphatic heterocycles. The topological polar surface area (TPSA) is 86.2 Å². The van der Waals surface area contributed by atoms with Gasteiger partial charge in [-0.3, -0.25) is 9.59 Å². The van der Waals surface area contributed by atoms with Gasteiger partial charge in [-0.15, -0.1) is 0 Å². The van der Waals surface area contributed by atoms with E-state index >= 15 is 0 Å². The smallest absolute Gasteiger partial charge is 0.224 e. The third-order valence-electron chi connectivity index (χ3n) is 4.21. The van der Waals surface area contributed by atoms with Crippen molar-refractivity contribution in [1.82, 2.24) is 0 Å². The first-order chi connectivity index (χ1) is 9.52. The van der Waals surface area contributed by atoms with Gasteiger partial charge in [0.05, 0.1) is 5.41 Å². The highest BCUT2D eigenvalue weighted by atomic mass is 16.1. The Hall–Kier alpha value is -1.84. The molecule has 0 fully saturated rings. The van der Waals surface area contributed by atoms with Gasteiger partial charge in [0, 0.05) is 6.42 Å². The molecule has 3 rings (SSSR count). The summed E-state index contributed by atoms with van der Waals surface area (Å²) in [6.45, 7) is 0. The van der Waals surface area contributed by atoms with Crippen LogP contribution >= 0.6 is 0 Å². The number of fused-ring (bicyclic) bond motifs is 4. The zero-order chi connectivity index (χ0) is 14.6. The average molecular weight is 274 g/mol. The van der Waals surface area contributed by atoms with Gasteiger partial charge < -0.3 is 11.5 Å². The summed E-state index contributed by atoms with van der Waals surface area (Å²) in [6, 6.07) is 8.31. The highest BCUT2D eigenvalue weighted by Gasteiger charge is 2.37. The normalized spacial score (nSPS) is 15.8. The van der Waals surface area contributed by atoms with Crippen LogP contribution in [0.3, 0.4) is 0 Å². The van der Waals surface area contributed by atoms with Crippen molar-refractivity contribution < 1.29 is 9.59 Å². The minimum absolute atomic E-state index is 0.213. The molecular weight excluding hydrogens is 252 g/mol. The summed E-state index contributed by atoms with van der Waals surface area (Å²) in [5.74, 6) is -0.476. The van der Waals surface area contributed by atoms with Gasteiger partial charge in [0.15, 0.2) is 0 Å². The van der Waals surface area contributed by atoms with Crippen LogP contribution in [0.4, 0.5) is 0 Å². The van der Waals surface area contributed by atoms with Crippen molar-refractivity contribution in [3.63, 3.8) is 0 Å². The molecule has 1 aromatic rings. The lowest BCUT2D eigenvalue weighted by Crippen LogP contribution is -2.40. The van der Waals surface area contributed by atoms with Crippen LogP contribution in [0.1, 0.15) is 43.2 Å². The molecule has 0 radical (unpaired) electrons. The van der Waals surface area contributed by atoms with Crippen molar-refractivity contribution in [3.8, 4) is 0 Å². The van der Waals surface area contributed by atoms with Crippen LogP contribution in [0, 0.1) is 5.41 Å². The lowest BCUT2D eigenvalue weighted by atomic mass is 9.74. The van der Waals surface area contributed by atoms with Gasteiger partial charge in [0.2, 0.25) is 11.8 Å². The predicted octanol–water partition coefficient (Wildman–Crippen LogP) is 1.69. The highest BCUT2D eigenvalue weighted by molar-refractivity contribution is 5.82. The van der Waals surface area contributed by atoms with E-state index in [1.807, 2.05) is 0 Å². The molecule has 4 nitrogen and oxygen atoms in total. The van der Waals surface area contributed by atoms with E-state index < -0.39 is 5.41 Å². The van der Waals surface area contributed by atoms with Crippen molar-refractivity contribution in [3.05, 3.63) is 35.4 Å². The third-order valence-corrected chi connectivity index (χ3v) is 4.21. The first kappa shape index (κ1) is 14.6. The second kappa shape index (κ2) is 6.07. The van der Waals surface area contributed by atoms with Crippen molar-refractivity contribution in [2.24, 2.45) is 16.9 Å². The SMILES string of the molecule is NC(=O)CCCCCC1(C(N)=O)Cc2ccc(cc2)C1. The number of amides is 2. The zero-order valence-electron chi connectivity index (χ0n) is 11.7. The molecule has 0 heterocycles. The van der Waals surface area contributed by atoms with Crippen molar-refractivity contribution in [2.45, 2.75) is 44.9 Å². The largest absolute Gasteiger partial charge is 0.370 e. The maximum absolute atomic E-state index is 12.0. The van der Waals surface area contributed by atoms with E-state index in [2.05, 4.69) is 24.3 Å². The van der Waals surface area contributed by atoms with Gasteiger partial charge in [0.25, 0.3) is 0 Å². The number of carbonyl (C=O) groups excluding carboxylic acids is 2. The second-order valence-corrected chi connectivity index (χ2v) is 5.84. The molecule has 0 aromatic heterocycles. The van der Waals surface area contributed by atoms with E-state index in [0.717, 1.165) is 25.7 Å². The number of hydrogen-bond donors (Lipinski definition) is 2. The van der Waals surface area contributed by atoms with Crippen LogP contribution in [0.15, 0.2) is 24.3 Å². The molecule has 108 valence electrons. The van der Waals surface area contributed by atoms with E-state index in [-0.39, 0.29) is 11.8 Å². The average Bonchev–Trinajstić information content (AvgIpc) is 2.68. The molecule has 2 amide bonds.